The average Bonchev–Trinajstić information content (AvgIpc) is 2.93. The van der Waals surface area contributed by atoms with Crippen LogP contribution in [0, 0.1) is 0 Å². The molecule has 26 heavy (non-hydrogen) atoms. The molecule has 0 radical (unpaired) electrons. The van der Waals surface area contributed by atoms with Crippen molar-refractivity contribution in [1.29, 1.82) is 0 Å². The smallest absolute Gasteiger partial charge is 0.413 e. The SMILES string of the molecule is CC(C)n1cc(-c2ccnc(NC(=O)OC(C)(C)C)c2)c2ccncc21. The Labute approximate surface area is 153 Å². The summed E-state index contributed by atoms with van der Waals surface area (Å²) in [7, 11) is 0. The van der Waals surface area contributed by atoms with E-state index >= 15 is 0 Å². The van der Waals surface area contributed by atoms with E-state index in [-0.39, 0.29) is 0 Å². The van der Waals surface area contributed by atoms with Gasteiger partial charge in [-0.1, -0.05) is 0 Å². The number of ether oxygens (including phenoxy) is 1. The Balaban J connectivity index is 1.96. The van der Waals surface area contributed by atoms with E-state index in [2.05, 4.69) is 39.9 Å². The Kier molecular flexibility index (Phi) is 4.68. The van der Waals surface area contributed by atoms with Crippen molar-refractivity contribution >= 4 is 22.8 Å². The molecule has 0 fully saturated rings. The fraction of sp³-hybridized carbons (Fsp3) is 0.350. The van der Waals surface area contributed by atoms with Crippen molar-refractivity contribution in [3.63, 3.8) is 0 Å². The van der Waals surface area contributed by atoms with Crippen LogP contribution in [0.15, 0.2) is 43.0 Å². The molecule has 0 bridgehead atoms. The van der Waals surface area contributed by atoms with Crippen molar-refractivity contribution in [2.24, 2.45) is 0 Å². The molecule has 136 valence electrons. The maximum atomic E-state index is 12.0. The first kappa shape index (κ1) is 17.9. The molecule has 0 aliphatic heterocycles. The van der Waals surface area contributed by atoms with Gasteiger partial charge in [0.25, 0.3) is 0 Å². The minimum absolute atomic E-state index is 0.316. The Morgan fingerprint density at radius 1 is 1.23 bits per heavy atom. The molecular formula is C20H24N4O2. The van der Waals surface area contributed by atoms with Gasteiger partial charge in [0, 0.05) is 35.6 Å². The molecule has 1 amide bonds. The number of fused-ring (bicyclic) bond motifs is 1. The molecule has 0 saturated heterocycles. The van der Waals surface area contributed by atoms with Gasteiger partial charge in [-0.2, -0.15) is 0 Å². The molecule has 0 aliphatic rings. The van der Waals surface area contributed by atoms with E-state index in [4.69, 9.17) is 4.74 Å². The fourth-order valence-corrected chi connectivity index (χ4v) is 2.83. The summed E-state index contributed by atoms with van der Waals surface area (Å²) < 4.78 is 7.48. The van der Waals surface area contributed by atoms with Crippen LogP contribution in [-0.4, -0.2) is 26.2 Å². The van der Waals surface area contributed by atoms with Crippen LogP contribution in [0.25, 0.3) is 22.0 Å². The molecule has 0 atom stereocenters. The predicted molar refractivity (Wildman–Crippen MR) is 103 cm³/mol. The van der Waals surface area contributed by atoms with Gasteiger partial charge >= 0.3 is 6.09 Å². The summed E-state index contributed by atoms with van der Waals surface area (Å²) in [6.07, 6.45) is 6.94. The zero-order valence-corrected chi connectivity index (χ0v) is 15.8. The fourth-order valence-electron chi connectivity index (χ4n) is 2.83. The Hall–Kier alpha value is -2.89. The highest BCUT2D eigenvalue weighted by molar-refractivity contribution is 5.96. The van der Waals surface area contributed by atoms with Crippen LogP contribution in [0.4, 0.5) is 10.6 Å². The van der Waals surface area contributed by atoms with Crippen LogP contribution < -0.4 is 5.32 Å². The second-order valence-corrected chi connectivity index (χ2v) is 7.49. The number of carbonyl (C=O) groups excluding carboxylic acids is 1. The number of hydrogen-bond acceptors (Lipinski definition) is 4. The van der Waals surface area contributed by atoms with Crippen molar-refractivity contribution < 1.29 is 9.53 Å². The van der Waals surface area contributed by atoms with Crippen LogP contribution in [0.5, 0.6) is 0 Å². The van der Waals surface area contributed by atoms with E-state index in [1.54, 1.807) is 12.4 Å². The lowest BCUT2D eigenvalue weighted by Gasteiger charge is -2.19. The number of nitrogens with one attached hydrogen (secondary N) is 1. The van der Waals surface area contributed by atoms with Crippen LogP contribution in [-0.2, 0) is 4.74 Å². The van der Waals surface area contributed by atoms with Gasteiger partial charge < -0.3 is 9.30 Å². The Morgan fingerprint density at radius 3 is 2.69 bits per heavy atom. The highest BCUT2D eigenvalue weighted by Gasteiger charge is 2.17. The summed E-state index contributed by atoms with van der Waals surface area (Å²) >= 11 is 0. The largest absolute Gasteiger partial charge is 0.444 e. The number of nitrogens with zero attached hydrogens (tertiary/aromatic N) is 3. The van der Waals surface area contributed by atoms with E-state index in [0.29, 0.717) is 11.9 Å². The molecular weight excluding hydrogens is 328 g/mol. The van der Waals surface area contributed by atoms with Gasteiger partial charge in [-0.3, -0.25) is 10.3 Å². The van der Waals surface area contributed by atoms with Gasteiger partial charge in [0.2, 0.25) is 0 Å². The van der Waals surface area contributed by atoms with Crippen molar-refractivity contribution in [3.8, 4) is 11.1 Å². The third kappa shape index (κ3) is 3.85. The third-order valence-electron chi connectivity index (χ3n) is 3.89. The van der Waals surface area contributed by atoms with E-state index in [1.165, 1.54) is 0 Å². The van der Waals surface area contributed by atoms with Crippen molar-refractivity contribution in [2.45, 2.75) is 46.3 Å². The molecule has 6 nitrogen and oxygen atoms in total. The lowest BCUT2D eigenvalue weighted by atomic mass is 10.1. The van der Waals surface area contributed by atoms with Gasteiger partial charge in [0.05, 0.1) is 11.7 Å². The molecule has 3 aromatic rings. The molecule has 0 spiro atoms. The van der Waals surface area contributed by atoms with Gasteiger partial charge in [-0.25, -0.2) is 9.78 Å². The van der Waals surface area contributed by atoms with Crippen molar-refractivity contribution in [2.75, 3.05) is 5.32 Å². The lowest BCUT2D eigenvalue weighted by molar-refractivity contribution is 0.0635. The maximum Gasteiger partial charge on any atom is 0.413 e. The standard InChI is InChI=1S/C20H24N4O2/c1-13(2)24-12-16(15-7-8-21-11-17(15)24)14-6-9-22-18(10-14)23-19(25)26-20(3,4)5/h6-13H,1-5H3,(H,22,23,25). The number of carbonyl (C=O) groups is 1. The second kappa shape index (κ2) is 6.78. The first-order valence-electron chi connectivity index (χ1n) is 8.65. The number of anilines is 1. The third-order valence-corrected chi connectivity index (χ3v) is 3.89. The van der Waals surface area contributed by atoms with E-state index in [9.17, 15) is 4.79 Å². The zero-order valence-electron chi connectivity index (χ0n) is 15.8. The number of hydrogen-bond donors (Lipinski definition) is 1. The van der Waals surface area contributed by atoms with Gasteiger partial charge in [0.15, 0.2) is 0 Å². The summed E-state index contributed by atoms with van der Waals surface area (Å²) in [6.45, 7) is 9.75. The average molecular weight is 352 g/mol. The summed E-state index contributed by atoms with van der Waals surface area (Å²) in [5.74, 6) is 0.455. The van der Waals surface area contributed by atoms with Crippen LogP contribution in [0.1, 0.15) is 40.7 Å². The van der Waals surface area contributed by atoms with Crippen LogP contribution in [0.3, 0.4) is 0 Å². The molecule has 1 N–H and O–H groups in total. The molecule has 3 aromatic heterocycles. The van der Waals surface area contributed by atoms with E-state index < -0.39 is 11.7 Å². The number of amides is 1. The van der Waals surface area contributed by atoms with Crippen LogP contribution >= 0.6 is 0 Å². The molecule has 0 unspecified atom stereocenters. The Morgan fingerprint density at radius 2 is 2.00 bits per heavy atom. The second-order valence-electron chi connectivity index (χ2n) is 7.49. The summed E-state index contributed by atoms with van der Waals surface area (Å²) in [5, 5.41) is 3.81. The molecule has 0 aromatic carbocycles. The monoisotopic (exact) mass is 352 g/mol. The summed E-state index contributed by atoms with van der Waals surface area (Å²) in [6, 6.07) is 6.10. The summed E-state index contributed by atoms with van der Waals surface area (Å²) in [5.41, 5.74) is 2.57. The van der Waals surface area contributed by atoms with Gasteiger partial charge in [-0.05, 0) is 58.4 Å². The predicted octanol–water partition coefficient (Wildman–Crippen LogP) is 5.03. The molecule has 0 saturated carbocycles. The summed E-state index contributed by atoms with van der Waals surface area (Å²) in [4.78, 5) is 20.5. The van der Waals surface area contributed by atoms with Gasteiger partial charge in [0.1, 0.15) is 11.4 Å². The molecule has 3 heterocycles. The number of aromatic nitrogens is 3. The molecule has 0 aliphatic carbocycles. The first-order chi connectivity index (χ1) is 12.2. The zero-order chi connectivity index (χ0) is 18.9. The normalized spacial score (nSPS) is 11.8. The lowest BCUT2D eigenvalue weighted by Crippen LogP contribution is -2.27. The highest BCUT2D eigenvalue weighted by Crippen LogP contribution is 2.32. The Bertz CT molecular complexity index is 938. The van der Waals surface area contributed by atoms with Crippen molar-refractivity contribution in [1.82, 2.24) is 14.5 Å². The topological polar surface area (TPSA) is 69.0 Å². The number of rotatable bonds is 3. The number of pyridine rings is 2. The van der Waals surface area contributed by atoms with E-state index in [1.807, 2.05) is 45.2 Å². The minimum atomic E-state index is -0.556. The van der Waals surface area contributed by atoms with Gasteiger partial charge in [-0.15, -0.1) is 0 Å². The maximum absolute atomic E-state index is 12.0. The quantitative estimate of drug-likeness (QED) is 0.718. The first-order valence-corrected chi connectivity index (χ1v) is 8.65. The molecule has 3 rings (SSSR count). The minimum Gasteiger partial charge on any atom is -0.444 e. The van der Waals surface area contributed by atoms with Crippen molar-refractivity contribution in [3.05, 3.63) is 43.0 Å². The molecule has 6 heteroatoms. The van der Waals surface area contributed by atoms with Crippen LogP contribution in [0.2, 0.25) is 0 Å². The van der Waals surface area contributed by atoms with E-state index in [0.717, 1.165) is 22.0 Å². The highest BCUT2D eigenvalue weighted by atomic mass is 16.6.